The number of hydrogen-bond acceptors (Lipinski definition) is 6. The molecule has 8 nitrogen and oxygen atoms in total. The summed E-state index contributed by atoms with van der Waals surface area (Å²) < 4.78 is 54.9. The van der Waals surface area contributed by atoms with Crippen molar-refractivity contribution in [2.45, 2.75) is 9.79 Å². The lowest BCUT2D eigenvalue weighted by molar-refractivity contribution is 0.0981. The molecule has 0 fully saturated rings. The van der Waals surface area contributed by atoms with Gasteiger partial charge in [0, 0.05) is 16.8 Å². The number of benzene rings is 3. The Balaban J connectivity index is 1.53. The molecule has 4 rings (SSSR count). The molecule has 1 aliphatic heterocycles. The van der Waals surface area contributed by atoms with E-state index in [9.17, 15) is 21.6 Å². The van der Waals surface area contributed by atoms with Crippen molar-refractivity contribution in [1.29, 1.82) is 0 Å². The Morgan fingerprint density at radius 1 is 0.833 bits per heavy atom. The summed E-state index contributed by atoms with van der Waals surface area (Å²) in [6.45, 7) is 0. The average molecular weight is 441 g/mol. The molecule has 0 radical (unpaired) electrons. The maximum absolute atomic E-state index is 12.5. The first-order chi connectivity index (χ1) is 14.3. The van der Waals surface area contributed by atoms with Crippen LogP contribution in [0.4, 0.5) is 5.69 Å². The van der Waals surface area contributed by atoms with E-state index in [-0.39, 0.29) is 21.2 Å². The van der Waals surface area contributed by atoms with Gasteiger partial charge < -0.3 is 5.32 Å². The van der Waals surface area contributed by atoms with E-state index in [1.807, 2.05) is 4.72 Å². The number of carbonyl (C=O) groups is 1. The van der Waals surface area contributed by atoms with E-state index in [0.29, 0.717) is 11.3 Å². The Bertz CT molecular complexity index is 1370. The van der Waals surface area contributed by atoms with E-state index >= 15 is 0 Å². The second-order valence-corrected chi connectivity index (χ2v) is 9.62. The van der Waals surface area contributed by atoms with Crippen molar-refractivity contribution in [3.8, 4) is 0 Å². The fraction of sp³-hybridized carbons (Fsp3) is 0. The van der Waals surface area contributed by atoms with Gasteiger partial charge in [-0.05, 0) is 48.5 Å². The summed E-state index contributed by atoms with van der Waals surface area (Å²) in [4.78, 5) is 12.1. The van der Waals surface area contributed by atoms with Crippen LogP contribution >= 0.6 is 0 Å². The first-order valence-electron chi connectivity index (χ1n) is 8.70. The van der Waals surface area contributed by atoms with Crippen molar-refractivity contribution in [3.05, 3.63) is 90.0 Å². The molecule has 3 aromatic carbocycles. The smallest absolute Gasteiger partial charge is 0.285 e. The molecule has 30 heavy (non-hydrogen) atoms. The highest BCUT2D eigenvalue weighted by Crippen LogP contribution is 2.27. The number of sulfonamides is 2. The third-order valence-electron chi connectivity index (χ3n) is 4.32. The lowest BCUT2D eigenvalue weighted by atomic mass is 10.2. The van der Waals surface area contributed by atoms with Gasteiger partial charge in [0.05, 0.1) is 4.90 Å². The fourth-order valence-electron chi connectivity index (χ4n) is 2.88. The van der Waals surface area contributed by atoms with Gasteiger partial charge in [-0.1, -0.05) is 30.3 Å². The van der Waals surface area contributed by atoms with Gasteiger partial charge in [-0.2, -0.15) is 8.42 Å². The molecule has 10 heteroatoms. The third-order valence-corrected chi connectivity index (χ3v) is 7.00. The number of hydrogen-bond donors (Lipinski definition) is 2. The Labute approximate surface area is 173 Å². The molecule has 0 atom stereocenters. The van der Waals surface area contributed by atoms with Crippen LogP contribution in [0.2, 0.25) is 0 Å². The average Bonchev–Trinajstić information content (AvgIpc) is 2.99. The minimum Gasteiger partial charge on any atom is -0.339 e. The lowest BCUT2D eigenvalue weighted by Crippen LogP contribution is -2.30. The number of anilines is 1. The van der Waals surface area contributed by atoms with Gasteiger partial charge in [-0.3, -0.25) is 4.79 Å². The summed E-state index contributed by atoms with van der Waals surface area (Å²) in [7, 11) is -7.84. The largest absolute Gasteiger partial charge is 0.339 e. The van der Waals surface area contributed by atoms with Gasteiger partial charge in [-0.25, -0.2) is 13.1 Å². The summed E-state index contributed by atoms with van der Waals surface area (Å²) >= 11 is 0. The van der Waals surface area contributed by atoms with Crippen LogP contribution < -0.4 is 10.0 Å². The van der Waals surface area contributed by atoms with Crippen molar-refractivity contribution in [2.24, 2.45) is 4.40 Å². The number of amides is 1. The van der Waals surface area contributed by atoms with Crippen molar-refractivity contribution in [2.75, 3.05) is 5.32 Å². The van der Waals surface area contributed by atoms with E-state index < -0.39 is 26.0 Å². The molecule has 0 unspecified atom stereocenters. The Kier molecular flexibility index (Phi) is 4.88. The third kappa shape index (κ3) is 3.82. The molecular formula is C20H15N3O5S2. The number of carbonyl (C=O) groups excluding carboxylic acids is 1. The molecule has 0 saturated heterocycles. The van der Waals surface area contributed by atoms with Gasteiger partial charge >= 0.3 is 0 Å². The van der Waals surface area contributed by atoms with Gasteiger partial charge in [-0.15, -0.1) is 4.40 Å². The van der Waals surface area contributed by atoms with Crippen LogP contribution in [0.5, 0.6) is 0 Å². The molecule has 0 aliphatic carbocycles. The number of amidine groups is 1. The quantitative estimate of drug-likeness (QED) is 0.641. The number of nitrogens with one attached hydrogen (secondary N) is 2. The monoisotopic (exact) mass is 441 g/mol. The maximum atomic E-state index is 12.5. The molecule has 1 amide bonds. The lowest BCUT2D eigenvalue weighted by Gasteiger charge is -2.09. The van der Waals surface area contributed by atoms with Gasteiger partial charge in [0.15, 0.2) is 5.84 Å². The molecule has 3 aromatic rings. The zero-order valence-electron chi connectivity index (χ0n) is 15.3. The molecule has 2 N–H and O–H groups in total. The molecule has 1 aliphatic rings. The normalized spacial score (nSPS) is 14.5. The highest BCUT2D eigenvalue weighted by Gasteiger charge is 2.28. The number of fused-ring (bicyclic) bond motifs is 1. The molecule has 0 saturated carbocycles. The predicted octanol–water partition coefficient (Wildman–Crippen LogP) is 2.37. The first-order valence-corrected chi connectivity index (χ1v) is 11.6. The second kappa shape index (κ2) is 7.39. The van der Waals surface area contributed by atoms with Crippen LogP contribution in [0.3, 0.4) is 0 Å². The van der Waals surface area contributed by atoms with E-state index in [1.165, 1.54) is 42.5 Å². The fourth-order valence-corrected chi connectivity index (χ4v) is 5.03. The maximum Gasteiger partial charge on any atom is 0.285 e. The van der Waals surface area contributed by atoms with Crippen molar-refractivity contribution >= 4 is 37.5 Å². The van der Waals surface area contributed by atoms with Gasteiger partial charge in [0.25, 0.3) is 26.0 Å². The standard InChI is InChI=1S/C20H15N3O5S2/c24-20(14-6-2-1-3-7-14)23-29(25,26)16-12-10-15(11-13-16)21-19-17-8-4-5-9-18(17)30(27,28)22-19/h1-13H,(H,21,22)(H,23,24). The molecular weight excluding hydrogens is 426 g/mol. The predicted molar refractivity (Wildman–Crippen MR) is 111 cm³/mol. The second-order valence-electron chi connectivity index (χ2n) is 6.36. The Hall–Kier alpha value is -3.50. The van der Waals surface area contributed by atoms with Crippen LogP contribution in [0.15, 0.2) is 93.1 Å². The summed E-state index contributed by atoms with van der Waals surface area (Å²) in [6.07, 6.45) is 0. The van der Waals surface area contributed by atoms with Crippen LogP contribution in [0, 0.1) is 0 Å². The van der Waals surface area contributed by atoms with Crippen molar-refractivity contribution in [1.82, 2.24) is 4.72 Å². The van der Waals surface area contributed by atoms with E-state index in [2.05, 4.69) is 9.71 Å². The van der Waals surface area contributed by atoms with E-state index in [4.69, 9.17) is 0 Å². The summed E-state index contributed by atoms with van der Waals surface area (Å²) in [5.74, 6) is -0.585. The highest BCUT2D eigenvalue weighted by atomic mass is 32.2. The number of rotatable bonds is 4. The van der Waals surface area contributed by atoms with Crippen LogP contribution in [-0.4, -0.2) is 28.6 Å². The zero-order chi connectivity index (χ0) is 21.4. The summed E-state index contributed by atoms with van der Waals surface area (Å²) in [6, 6.07) is 19.9. The SMILES string of the molecule is O=C(NS(=O)(=O)c1ccc(NC2=NS(=O)(=O)c3ccccc32)cc1)c1ccccc1. The Morgan fingerprint density at radius 2 is 1.47 bits per heavy atom. The van der Waals surface area contributed by atoms with Crippen LogP contribution in [0.1, 0.15) is 15.9 Å². The van der Waals surface area contributed by atoms with E-state index in [1.54, 1.807) is 36.4 Å². The van der Waals surface area contributed by atoms with Crippen molar-refractivity contribution < 1.29 is 21.6 Å². The molecule has 152 valence electrons. The number of nitrogens with zero attached hydrogens (tertiary/aromatic N) is 1. The van der Waals surface area contributed by atoms with E-state index in [0.717, 1.165) is 0 Å². The molecule has 1 heterocycles. The van der Waals surface area contributed by atoms with Crippen LogP contribution in [-0.2, 0) is 20.0 Å². The summed E-state index contributed by atoms with van der Waals surface area (Å²) in [5, 5.41) is 2.89. The molecule has 0 bridgehead atoms. The highest BCUT2D eigenvalue weighted by molar-refractivity contribution is 7.91. The topological polar surface area (TPSA) is 122 Å². The minimum absolute atomic E-state index is 0.107. The molecule has 0 spiro atoms. The van der Waals surface area contributed by atoms with Gasteiger partial charge in [0.1, 0.15) is 4.90 Å². The Morgan fingerprint density at radius 3 is 2.17 bits per heavy atom. The van der Waals surface area contributed by atoms with Gasteiger partial charge in [0.2, 0.25) is 0 Å². The van der Waals surface area contributed by atoms with Crippen LogP contribution in [0.25, 0.3) is 0 Å². The van der Waals surface area contributed by atoms with Crippen molar-refractivity contribution in [3.63, 3.8) is 0 Å². The summed E-state index contributed by atoms with van der Waals surface area (Å²) in [5.41, 5.74) is 1.09. The molecule has 0 aromatic heterocycles. The minimum atomic E-state index is -4.07. The first kappa shape index (κ1) is 19.8. The zero-order valence-corrected chi connectivity index (χ0v) is 16.9.